The Balaban J connectivity index is -0.0000000154. The van der Waals surface area contributed by atoms with Crippen molar-refractivity contribution in [3.63, 3.8) is 0 Å². The minimum Gasteiger partial charge on any atom is -0.358 e. The van der Waals surface area contributed by atoms with E-state index in [0.29, 0.717) is 0 Å². The van der Waals surface area contributed by atoms with Crippen molar-refractivity contribution in [1.82, 2.24) is 29.4 Å². The van der Waals surface area contributed by atoms with E-state index in [1.54, 1.807) is 0 Å². The molecule has 0 aliphatic rings. The standard InChI is InChI=1S/3C6H16N2.6CH3.3Li.Tb/c3*1-7(2)5-6-8(3)4;;;;;;;;;;/h3*5-6H2,1-4H3;6*1H3;;;;/q;;;6*-1;3*+1;+3. The minimum absolute atomic E-state index is 0. The Morgan fingerprint density at radius 2 is 0.324 bits per heavy atom. The average molecular weight is 619 g/mol. The molecule has 0 saturated heterocycles. The van der Waals surface area contributed by atoms with Crippen LogP contribution in [-0.4, -0.2) is 153 Å². The van der Waals surface area contributed by atoms with E-state index < -0.39 is 0 Å². The maximum atomic E-state index is 2.18. The molecule has 34 heavy (non-hydrogen) atoms. The van der Waals surface area contributed by atoms with Crippen LogP contribution < -0.4 is 56.6 Å². The molecular weight excluding hydrogens is 552 g/mol. The largest absolute Gasteiger partial charge is 3.00 e. The van der Waals surface area contributed by atoms with E-state index in [2.05, 4.69) is 114 Å². The number of hydrogen-bond donors (Lipinski definition) is 0. The van der Waals surface area contributed by atoms with Gasteiger partial charge in [-0.15, -0.1) is 0 Å². The maximum absolute atomic E-state index is 2.18. The van der Waals surface area contributed by atoms with Gasteiger partial charge in [0.15, 0.2) is 0 Å². The molecule has 10 heteroatoms. The molecule has 0 amide bonds. The quantitative estimate of drug-likeness (QED) is 0.188. The number of hydrogen-bond acceptors (Lipinski definition) is 6. The van der Waals surface area contributed by atoms with E-state index in [1.165, 1.54) is 0 Å². The molecule has 0 aromatic rings. The van der Waals surface area contributed by atoms with Crippen LogP contribution in [0.25, 0.3) is 0 Å². The fourth-order valence-corrected chi connectivity index (χ4v) is 1.20. The summed E-state index contributed by atoms with van der Waals surface area (Å²) in [5.74, 6) is 0. The van der Waals surface area contributed by atoms with Gasteiger partial charge in [-0.3, -0.25) is 0 Å². The van der Waals surface area contributed by atoms with E-state index in [1.807, 2.05) is 0 Å². The van der Waals surface area contributed by atoms with Gasteiger partial charge >= 0.3 is 95.2 Å². The van der Waals surface area contributed by atoms with Crippen LogP contribution >= 0.6 is 0 Å². The van der Waals surface area contributed by atoms with Gasteiger partial charge in [0.1, 0.15) is 0 Å². The Hall–Kier alpha value is 2.84. The van der Waals surface area contributed by atoms with Crippen LogP contribution in [0.1, 0.15) is 0 Å². The molecule has 0 saturated carbocycles. The summed E-state index contributed by atoms with van der Waals surface area (Å²) in [7, 11) is 25.0. The molecule has 0 spiro atoms. The first-order valence-corrected chi connectivity index (χ1v) is 8.76. The first-order chi connectivity index (χ1) is 10.9. The molecule has 0 rings (SSSR count). The summed E-state index contributed by atoms with van der Waals surface area (Å²) >= 11 is 0. The molecule has 0 heterocycles. The number of likely N-dealkylation sites (N-methyl/N-ethyl adjacent to an activating group) is 6. The van der Waals surface area contributed by atoms with Crippen LogP contribution in [0.2, 0.25) is 0 Å². The van der Waals surface area contributed by atoms with Crippen molar-refractivity contribution in [3.8, 4) is 0 Å². The van der Waals surface area contributed by atoms with Gasteiger partial charge in [-0.2, -0.15) is 0 Å². The second-order valence-electron chi connectivity index (χ2n) is 7.82. The second-order valence-corrected chi connectivity index (χ2v) is 7.82. The van der Waals surface area contributed by atoms with Gasteiger partial charge < -0.3 is 74.0 Å². The molecule has 204 valence electrons. The Labute approximate surface area is 290 Å². The van der Waals surface area contributed by atoms with E-state index in [4.69, 9.17) is 0 Å². The molecular formula is C24H66Li3N6Tb. The van der Waals surface area contributed by atoms with Gasteiger partial charge in [0.05, 0.1) is 0 Å². The zero-order chi connectivity index (χ0) is 19.7. The van der Waals surface area contributed by atoms with Crippen molar-refractivity contribution in [2.45, 2.75) is 0 Å². The Morgan fingerprint density at radius 1 is 0.265 bits per heavy atom. The Morgan fingerprint density at radius 3 is 0.353 bits per heavy atom. The number of rotatable bonds is 9. The Kier molecular flexibility index (Phi) is 148. The fourth-order valence-electron chi connectivity index (χ4n) is 1.20. The molecule has 0 aliphatic heterocycles. The van der Waals surface area contributed by atoms with Crippen molar-refractivity contribution in [2.24, 2.45) is 0 Å². The zero-order valence-corrected chi connectivity index (χ0v) is 30.4. The van der Waals surface area contributed by atoms with Crippen molar-refractivity contribution in [1.29, 1.82) is 0 Å². The average Bonchev–Trinajstić information content (AvgIpc) is 2.42. The van der Waals surface area contributed by atoms with Gasteiger partial charge in [-0.05, 0) is 84.6 Å². The molecule has 0 aliphatic carbocycles. The van der Waals surface area contributed by atoms with Gasteiger partial charge in [0.2, 0.25) is 0 Å². The Bertz CT molecular complexity index is 189. The molecule has 0 radical (unpaired) electrons. The maximum Gasteiger partial charge on any atom is 3.00 e. The van der Waals surface area contributed by atoms with E-state index in [0.717, 1.165) is 39.3 Å². The van der Waals surface area contributed by atoms with Gasteiger partial charge in [0.25, 0.3) is 0 Å². The van der Waals surface area contributed by atoms with Crippen LogP contribution in [0.3, 0.4) is 0 Å². The van der Waals surface area contributed by atoms with Gasteiger partial charge in [-0.1, -0.05) is 0 Å². The van der Waals surface area contributed by atoms with Crippen molar-refractivity contribution >= 4 is 0 Å². The van der Waals surface area contributed by atoms with Crippen LogP contribution in [0.15, 0.2) is 0 Å². The molecule has 0 atom stereocenters. The van der Waals surface area contributed by atoms with Crippen LogP contribution in [0, 0.1) is 83.2 Å². The predicted octanol–water partition coefficient (Wildman–Crippen LogP) is -5.96. The van der Waals surface area contributed by atoms with Crippen LogP contribution in [-0.2, 0) is 0 Å². The molecule has 0 N–H and O–H groups in total. The normalized spacial score (nSPS) is 7.94. The van der Waals surface area contributed by atoms with Crippen molar-refractivity contribution in [2.75, 3.05) is 124 Å². The van der Waals surface area contributed by atoms with Gasteiger partial charge in [0, 0.05) is 39.3 Å². The summed E-state index contributed by atoms with van der Waals surface area (Å²) in [5.41, 5.74) is 0. The third-order valence-electron chi connectivity index (χ3n) is 2.98. The summed E-state index contributed by atoms with van der Waals surface area (Å²) < 4.78 is 0. The molecule has 0 aromatic carbocycles. The van der Waals surface area contributed by atoms with E-state index in [9.17, 15) is 0 Å². The monoisotopic (exact) mass is 619 g/mol. The SMILES string of the molecule is CN(C)CCN(C)C.CN(C)CCN(C)C.CN(C)CCN(C)C.[CH3-].[CH3-].[CH3-].[CH3-].[CH3-].[CH3-].[Li+].[Li+].[Li+].[Tb+3]. The summed E-state index contributed by atoms with van der Waals surface area (Å²) in [6.45, 7) is 6.88. The fraction of sp³-hybridized carbons (Fsp3) is 0.750. The van der Waals surface area contributed by atoms with E-state index >= 15 is 0 Å². The zero-order valence-electron chi connectivity index (χ0n) is 28.3. The molecule has 0 unspecified atom stereocenters. The van der Waals surface area contributed by atoms with Gasteiger partial charge in [-0.25, -0.2) is 0 Å². The topological polar surface area (TPSA) is 19.4 Å². The minimum atomic E-state index is 0. The molecule has 0 bridgehead atoms. The smallest absolute Gasteiger partial charge is 0.358 e. The third kappa shape index (κ3) is 125. The van der Waals surface area contributed by atoms with E-state index in [-0.39, 0.29) is 140 Å². The van der Waals surface area contributed by atoms with Crippen LogP contribution in [0.4, 0.5) is 0 Å². The van der Waals surface area contributed by atoms with Crippen molar-refractivity contribution < 1.29 is 95.2 Å². The predicted molar refractivity (Wildman–Crippen MR) is 150 cm³/mol. The van der Waals surface area contributed by atoms with Crippen molar-refractivity contribution in [3.05, 3.63) is 44.6 Å². The summed E-state index contributed by atoms with van der Waals surface area (Å²) in [6, 6.07) is 0. The summed E-state index contributed by atoms with van der Waals surface area (Å²) in [5, 5.41) is 0. The summed E-state index contributed by atoms with van der Waals surface area (Å²) in [6.07, 6.45) is 0. The first kappa shape index (κ1) is 83.3. The molecule has 0 fully saturated rings. The number of nitrogens with zero attached hydrogens (tertiary/aromatic N) is 6. The third-order valence-corrected chi connectivity index (χ3v) is 2.98. The van der Waals surface area contributed by atoms with Crippen LogP contribution in [0.5, 0.6) is 0 Å². The molecule has 0 aromatic heterocycles. The second kappa shape index (κ2) is 60.4. The molecule has 6 nitrogen and oxygen atoms in total. The first-order valence-electron chi connectivity index (χ1n) is 8.76. The summed E-state index contributed by atoms with van der Waals surface area (Å²) in [4.78, 5) is 13.1.